The van der Waals surface area contributed by atoms with Gasteiger partial charge in [-0.2, -0.15) is 5.10 Å². The van der Waals surface area contributed by atoms with Crippen molar-refractivity contribution in [3.05, 3.63) is 95.3 Å². The van der Waals surface area contributed by atoms with Crippen LogP contribution in [0.1, 0.15) is 27.5 Å². The van der Waals surface area contributed by atoms with Gasteiger partial charge in [-0.25, -0.2) is 9.29 Å². The molecule has 0 radical (unpaired) electrons. The SMILES string of the molecule is COc1ccccc1N1C(=O)[C@@H]2[C@H](C1=O)[C@@H]1c3ccccc3C=NN1[C@@H]2C(=O)c1ccc(F)cc1. The first-order valence-corrected chi connectivity index (χ1v) is 11.2. The lowest BCUT2D eigenvalue weighted by molar-refractivity contribution is -0.124. The molecule has 0 spiro atoms. The molecule has 0 N–H and O–H groups in total. The van der Waals surface area contributed by atoms with Crippen molar-refractivity contribution in [3.8, 4) is 5.75 Å². The maximum absolute atomic E-state index is 13.9. The van der Waals surface area contributed by atoms with E-state index in [2.05, 4.69) is 5.10 Å². The molecule has 174 valence electrons. The standard InChI is InChI=1S/C27H20FN3O4/c1-35-20-9-5-4-8-19(20)30-26(33)21-22(27(30)34)24(25(32)15-10-12-17(28)13-11-15)31-23(21)18-7-3-2-6-16(18)14-29-31/h2-14,21-24H,1H3/t21-,22+,23-,24-/m0/s1. The van der Waals surface area contributed by atoms with Gasteiger partial charge in [0.2, 0.25) is 11.8 Å². The van der Waals surface area contributed by atoms with Gasteiger partial charge in [0.15, 0.2) is 5.78 Å². The van der Waals surface area contributed by atoms with E-state index in [1.54, 1.807) is 35.5 Å². The van der Waals surface area contributed by atoms with Crippen molar-refractivity contribution in [2.45, 2.75) is 12.1 Å². The zero-order valence-electron chi connectivity index (χ0n) is 18.7. The molecule has 8 heteroatoms. The minimum absolute atomic E-state index is 0.251. The van der Waals surface area contributed by atoms with Crippen LogP contribution < -0.4 is 9.64 Å². The van der Waals surface area contributed by atoms with Gasteiger partial charge in [0.05, 0.1) is 36.9 Å². The number of anilines is 1. The monoisotopic (exact) mass is 469 g/mol. The molecule has 3 aliphatic rings. The number of benzene rings is 3. The highest BCUT2D eigenvalue weighted by Crippen LogP contribution is 2.53. The molecule has 0 aromatic heterocycles. The molecule has 7 nitrogen and oxygen atoms in total. The highest BCUT2D eigenvalue weighted by molar-refractivity contribution is 6.25. The van der Waals surface area contributed by atoms with Gasteiger partial charge < -0.3 is 4.74 Å². The Labute approximate surface area is 200 Å². The highest BCUT2D eigenvalue weighted by Gasteiger charge is 2.65. The summed E-state index contributed by atoms with van der Waals surface area (Å²) in [5.74, 6) is -3.13. The van der Waals surface area contributed by atoms with Crippen LogP contribution in [0.5, 0.6) is 5.75 Å². The molecule has 2 fully saturated rings. The second kappa shape index (κ2) is 7.87. The zero-order valence-corrected chi connectivity index (χ0v) is 18.7. The number of para-hydroxylation sites is 2. The predicted molar refractivity (Wildman–Crippen MR) is 126 cm³/mol. The first-order chi connectivity index (χ1) is 17.0. The quantitative estimate of drug-likeness (QED) is 0.431. The number of rotatable bonds is 4. The molecule has 3 aromatic carbocycles. The van der Waals surface area contributed by atoms with E-state index in [4.69, 9.17) is 4.74 Å². The number of ether oxygens (including phenoxy) is 1. The average Bonchev–Trinajstić information content (AvgIpc) is 3.36. The summed E-state index contributed by atoms with van der Waals surface area (Å²) in [6, 6.07) is 17.9. The fourth-order valence-corrected chi connectivity index (χ4v) is 5.51. The average molecular weight is 469 g/mol. The van der Waals surface area contributed by atoms with Crippen molar-refractivity contribution >= 4 is 29.5 Å². The number of imide groups is 1. The number of methoxy groups -OCH3 is 1. The maximum Gasteiger partial charge on any atom is 0.240 e. The van der Waals surface area contributed by atoms with Crippen LogP contribution in [0.4, 0.5) is 10.1 Å². The van der Waals surface area contributed by atoms with Gasteiger partial charge in [-0.15, -0.1) is 0 Å². The molecule has 0 bridgehead atoms. The molecule has 2 amide bonds. The summed E-state index contributed by atoms with van der Waals surface area (Å²) < 4.78 is 18.9. The number of Topliss-reactive ketones (excluding diaryl/α,β-unsaturated/α-hetero) is 1. The molecule has 35 heavy (non-hydrogen) atoms. The number of carbonyl (C=O) groups is 3. The number of amides is 2. The molecule has 0 saturated carbocycles. The van der Waals surface area contributed by atoms with Crippen molar-refractivity contribution in [2.75, 3.05) is 12.0 Å². The molecule has 3 aromatic rings. The summed E-state index contributed by atoms with van der Waals surface area (Å²) in [5.41, 5.74) is 2.25. The number of hydrogen-bond acceptors (Lipinski definition) is 6. The van der Waals surface area contributed by atoms with E-state index in [1.165, 1.54) is 31.4 Å². The molecule has 2 saturated heterocycles. The molecule has 4 atom stereocenters. The van der Waals surface area contributed by atoms with E-state index in [0.717, 1.165) is 16.0 Å². The van der Waals surface area contributed by atoms with Crippen LogP contribution in [0.25, 0.3) is 0 Å². The highest BCUT2D eigenvalue weighted by atomic mass is 19.1. The first kappa shape index (κ1) is 21.2. The lowest BCUT2D eigenvalue weighted by atomic mass is 9.83. The van der Waals surface area contributed by atoms with Crippen molar-refractivity contribution in [1.29, 1.82) is 0 Å². The number of hydrazone groups is 1. The lowest BCUT2D eigenvalue weighted by Crippen LogP contribution is -2.44. The Morgan fingerprint density at radius 3 is 2.37 bits per heavy atom. The van der Waals surface area contributed by atoms with Crippen LogP contribution in [-0.4, -0.2) is 42.0 Å². The fraction of sp³-hybridized carbons (Fsp3) is 0.185. The molecule has 3 aliphatic heterocycles. The van der Waals surface area contributed by atoms with Crippen LogP contribution in [0, 0.1) is 17.7 Å². The number of nitrogens with zero attached hydrogens (tertiary/aromatic N) is 3. The van der Waals surface area contributed by atoms with Crippen LogP contribution in [0.3, 0.4) is 0 Å². The van der Waals surface area contributed by atoms with E-state index in [0.29, 0.717) is 11.4 Å². The molecule has 3 heterocycles. The van der Waals surface area contributed by atoms with Crippen molar-refractivity contribution in [2.24, 2.45) is 16.9 Å². The molecule has 0 unspecified atom stereocenters. The third-order valence-corrected chi connectivity index (χ3v) is 7.02. The zero-order chi connectivity index (χ0) is 24.3. The number of halogens is 1. The van der Waals surface area contributed by atoms with Gasteiger partial charge in [-0.1, -0.05) is 36.4 Å². The Bertz CT molecular complexity index is 1400. The van der Waals surface area contributed by atoms with Gasteiger partial charge in [-0.3, -0.25) is 19.4 Å². The Morgan fingerprint density at radius 2 is 1.60 bits per heavy atom. The van der Waals surface area contributed by atoms with E-state index in [-0.39, 0.29) is 11.3 Å². The molecular weight excluding hydrogens is 449 g/mol. The Balaban J connectivity index is 1.51. The normalized spacial score (nSPS) is 24.3. The summed E-state index contributed by atoms with van der Waals surface area (Å²) in [4.78, 5) is 42.6. The van der Waals surface area contributed by atoms with E-state index in [9.17, 15) is 18.8 Å². The Morgan fingerprint density at radius 1 is 0.914 bits per heavy atom. The second-order valence-corrected chi connectivity index (χ2v) is 8.75. The number of fused-ring (bicyclic) bond motifs is 5. The minimum Gasteiger partial charge on any atom is -0.495 e. The number of carbonyl (C=O) groups excluding carboxylic acids is 3. The van der Waals surface area contributed by atoms with Crippen LogP contribution in [0.2, 0.25) is 0 Å². The summed E-state index contributed by atoms with van der Waals surface area (Å²) in [6.07, 6.45) is 1.64. The summed E-state index contributed by atoms with van der Waals surface area (Å²) in [7, 11) is 1.47. The van der Waals surface area contributed by atoms with Crippen LogP contribution in [0.15, 0.2) is 77.9 Å². The molecule has 6 rings (SSSR count). The molecule has 0 aliphatic carbocycles. The van der Waals surface area contributed by atoms with Crippen molar-refractivity contribution < 1.29 is 23.5 Å². The van der Waals surface area contributed by atoms with Crippen LogP contribution in [-0.2, 0) is 9.59 Å². The van der Waals surface area contributed by atoms with Crippen molar-refractivity contribution in [3.63, 3.8) is 0 Å². The summed E-state index contributed by atoms with van der Waals surface area (Å²) >= 11 is 0. The maximum atomic E-state index is 13.9. The van der Waals surface area contributed by atoms with Gasteiger partial charge in [0.25, 0.3) is 0 Å². The van der Waals surface area contributed by atoms with Gasteiger partial charge in [0, 0.05) is 5.56 Å². The van der Waals surface area contributed by atoms with Crippen LogP contribution >= 0.6 is 0 Å². The van der Waals surface area contributed by atoms with Crippen molar-refractivity contribution in [1.82, 2.24) is 5.01 Å². The smallest absolute Gasteiger partial charge is 0.240 e. The lowest BCUT2D eigenvalue weighted by Gasteiger charge is -2.33. The number of hydrogen-bond donors (Lipinski definition) is 0. The Kier molecular flexibility index (Phi) is 4.77. The number of ketones is 1. The van der Waals surface area contributed by atoms with Gasteiger partial charge in [-0.05, 0) is 47.5 Å². The summed E-state index contributed by atoms with van der Waals surface area (Å²) in [6.45, 7) is 0. The van der Waals surface area contributed by atoms with Gasteiger partial charge in [0.1, 0.15) is 17.6 Å². The molecular formula is C27H20FN3O4. The topological polar surface area (TPSA) is 79.3 Å². The Hall–Kier alpha value is -4.33. The van der Waals surface area contributed by atoms with E-state index in [1.807, 2.05) is 24.3 Å². The first-order valence-electron chi connectivity index (χ1n) is 11.2. The summed E-state index contributed by atoms with van der Waals surface area (Å²) in [5, 5.41) is 6.11. The van der Waals surface area contributed by atoms with Gasteiger partial charge >= 0.3 is 0 Å². The minimum atomic E-state index is -1.02. The fourth-order valence-electron chi connectivity index (χ4n) is 5.51. The third kappa shape index (κ3) is 3.02. The van der Waals surface area contributed by atoms with E-state index < -0.39 is 41.6 Å². The largest absolute Gasteiger partial charge is 0.495 e. The predicted octanol–water partition coefficient (Wildman–Crippen LogP) is 3.60. The second-order valence-electron chi connectivity index (χ2n) is 8.75. The third-order valence-electron chi connectivity index (χ3n) is 7.02. The van der Waals surface area contributed by atoms with E-state index >= 15 is 0 Å².